The molecule has 0 aromatic heterocycles. The number of ether oxygens (including phenoxy) is 2. The van der Waals surface area contributed by atoms with Crippen LogP contribution in [0.2, 0.25) is 0 Å². The van der Waals surface area contributed by atoms with Crippen LogP contribution in [-0.4, -0.2) is 98.3 Å². The van der Waals surface area contributed by atoms with E-state index in [4.69, 9.17) is 14.3 Å². The molecule has 3 N–H and O–H groups in total. The lowest BCUT2D eigenvalue weighted by Gasteiger charge is -2.33. The number of aliphatic imine (C=N–C) groups is 1. The van der Waals surface area contributed by atoms with E-state index in [1.807, 2.05) is 38.1 Å². The first-order chi connectivity index (χ1) is 31.0. The molecule has 3 aromatic rings. The summed E-state index contributed by atoms with van der Waals surface area (Å²) >= 11 is 0. The van der Waals surface area contributed by atoms with Crippen molar-refractivity contribution >= 4 is 46.7 Å². The van der Waals surface area contributed by atoms with E-state index < -0.39 is 17.7 Å². The van der Waals surface area contributed by atoms with Gasteiger partial charge in [0.15, 0.2) is 12.2 Å². The number of ketones is 1. The van der Waals surface area contributed by atoms with E-state index >= 15 is 0 Å². The van der Waals surface area contributed by atoms with E-state index in [2.05, 4.69) is 65.2 Å². The van der Waals surface area contributed by atoms with E-state index in [-0.39, 0.29) is 11.8 Å². The van der Waals surface area contributed by atoms with Crippen molar-refractivity contribution in [2.24, 2.45) is 25.4 Å². The van der Waals surface area contributed by atoms with Crippen molar-refractivity contribution in [2.75, 3.05) is 51.7 Å². The number of piperidine rings is 2. The van der Waals surface area contributed by atoms with Crippen LogP contribution in [0.5, 0.6) is 0 Å². The smallest absolute Gasteiger partial charge is 0.274 e. The molecule has 2 saturated heterocycles. The molecule has 3 unspecified atom stereocenters. The van der Waals surface area contributed by atoms with Crippen molar-refractivity contribution in [1.82, 2.24) is 20.6 Å². The number of likely N-dealkylation sites (tertiary alicyclic amines) is 2. The highest BCUT2D eigenvalue weighted by atomic mass is 16.6. The van der Waals surface area contributed by atoms with Gasteiger partial charge in [-0.3, -0.25) is 19.2 Å². The molecular weight excluding hydrogens is 813 g/mol. The standard InChI is InChI=1S/C48H66N10O6/c1-34-30-44(52-48(61)46(38(5)59)56-54-42-21-17-40(18-22-42)47(60)49-23-11-27-57-25-9-7-13-36(57)3)35(2)29-43(34)50-33-63-45(32-62-6)55-53-41-19-15-39(16-20-41)31-64-51-24-12-28-58-26-10-8-14-37(58)4/h15-22,29-30,32-33,36-37,46,51H,7-14,23-28,31H2,1-6H3,(H,49,60)(H,52,61)/b45-32-,50-33?,55-53?,56-54?. The molecule has 0 bridgehead atoms. The molecule has 0 saturated carbocycles. The van der Waals surface area contributed by atoms with Crippen molar-refractivity contribution in [2.45, 2.75) is 111 Å². The summed E-state index contributed by atoms with van der Waals surface area (Å²) in [5, 5.41) is 22.4. The maximum absolute atomic E-state index is 13.3. The average molecular weight is 879 g/mol. The van der Waals surface area contributed by atoms with E-state index in [1.165, 1.54) is 71.8 Å². The molecule has 2 amide bonds. The molecule has 5 rings (SSSR count). The molecule has 3 atom stereocenters. The number of benzene rings is 3. The van der Waals surface area contributed by atoms with E-state index in [0.717, 1.165) is 50.1 Å². The van der Waals surface area contributed by atoms with Crippen LogP contribution < -0.4 is 16.1 Å². The number of aryl methyl sites for hydroxylation is 2. The van der Waals surface area contributed by atoms with E-state index in [1.54, 1.807) is 36.4 Å². The Morgan fingerprint density at radius 1 is 0.828 bits per heavy atom. The van der Waals surface area contributed by atoms with Gasteiger partial charge in [0.05, 0.1) is 30.8 Å². The van der Waals surface area contributed by atoms with Crippen molar-refractivity contribution in [3.8, 4) is 0 Å². The molecule has 16 heteroatoms. The Morgan fingerprint density at radius 3 is 2.11 bits per heavy atom. The zero-order valence-electron chi connectivity index (χ0n) is 38.3. The molecule has 2 fully saturated rings. The normalized spacial score (nSPS) is 18.1. The summed E-state index contributed by atoms with van der Waals surface area (Å²) in [7, 11) is 1.48. The maximum atomic E-state index is 13.3. The Balaban J connectivity index is 1.06. The third kappa shape index (κ3) is 16.1. The number of hydrogen-bond donors (Lipinski definition) is 3. The molecule has 0 aliphatic carbocycles. The number of Topliss-reactive ketones (excluding diaryl/α,β-unsaturated/α-hetero) is 1. The van der Waals surface area contributed by atoms with Crippen molar-refractivity contribution in [1.29, 1.82) is 0 Å². The highest BCUT2D eigenvalue weighted by Gasteiger charge is 2.24. The van der Waals surface area contributed by atoms with Gasteiger partial charge in [0, 0.05) is 43.0 Å². The summed E-state index contributed by atoms with van der Waals surface area (Å²) in [5.41, 5.74) is 8.08. The van der Waals surface area contributed by atoms with Gasteiger partial charge in [0.2, 0.25) is 6.04 Å². The number of nitrogens with one attached hydrogen (secondary N) is 3. The first kappa shape index (κ1) is 49.3. The third-order valence-electron chi connectivity index (χ3n) is 11.5. The van der Waals surface area contributed by atoms with Crippen LogP contribution in [0, 0.1) is 13.8 Å². The minimum Gasteiger partial charge on any atom is -0.499 e. The number of nitrogens with zero attached hydrogens (tertiary/aromatic N) is 7. The summed E-state index contributed by atoms with van der Waals surface area (Å²) in [6, 6.07) is 17.5. The van der Waals surface area contributed by atoms with Gasteiger partial charge in [-0.05, 0) is 158 Å². The Labute approximate surface area is 378 Å². The predicted molar refractivity (Wildman–Crippen MR) is 249 cm³/mol. The zero-order valence-corrected chi connectivity index (χ0v) is 38.3. The van der Waals surface area contributed by atoms with Crippen molar-refractivity contribution in [3.63, 3.8) is 0 Å². The fraction of sp³-hybridized carbons (Fsp3) is 0.500. The minimum absolute atomic E-state index is 0.0783. The van der Waals surface area contributed by atoms with E-state index in [0.29, 0.717) is 59.1 Å². The Bertz CT molecular complexity index is 2090. The van der Waals surface area contributed by atoms with Crippen molar-refractivity contribution in [3.05, 3.63) is 95.1 Å². The lowest BCUT2D eigenvalue weighted by atomic mass is 10.0. The molecule has 3 aromatic carbocycles. The zero-order chi connectivity index (χ0) is 45.7. The lowest BCUT2D eigenvalue weighted by Crippen LogP contribution is -2.39. The number of azo groups is 2. The minimum atomic E-state index is -1.38. The first-order valence-electron chi connectivity index (χ1n) is 22.5. The third-order valence-corrected chi connectivity index (χ3v) is 11.5. The summed E-state index contributed by atoms with van der Waals surface area (Å²) in [6.45, 7) is 15.7. The Hall–Kier alpha value is -5.68. The molecule has 2 aliphatic rings. The number of carbonyl (C=O) groups is 3. The number of hydrogen-bond acceptors (Lipinski definition) is 14. The highest BCUT2D eigenvalue weighted by Crippen LogP contribution is 2.27. The lowest BCUT2D eigenvalue weighted by molar-refractivity contribution is -0.126. The average Bonchev–Trinajstić information content (AvgIpc) is 3.28. The van der Waals surface area contributed by atoms with Gasteiger partial charge in [0.25, 0.3) is 17.7 Å². The van der Waals surface area contributed by atoms with E-state index in [9.17, 15) is 14.4 Å². The number of hydroxylamine groups is 1. The molecule has 16 nitrogen and oxygen atoms in total. The second-order valence-corrected chi connectivity index (χ2v) is 16.5. The van der Waals surface area contributed by atoms with Gasteiger partial charge >= 0.3 is 0 Å². The SMILES string of the molecule is CO/C=C(/N=Nc1ccc(CONCCCN2CCCCC2C)cc1)OC=Nc1cc(C)c(NC(=O)C(N=Nc2ccc(C(=O)NCCCN3CCCCC3C)cc2)C(C)=O)cc1C. The Morgan fingerprint density at radius 2 is 1.47 bits per heavy atom. The van der Waals surface area contributed by atoms with Crippen LogP contribution in [0.15, 0.2) is 98.3 Å². The molecule has 0 spiro atoms. The van der Waals surface area contributed by atoms with Crippen LogP contribution in [0.1, 0.15) is 99.2 Å². The highest BCUT2D eigenvalue weighted by molar-refractivity contribution is 6.10. The fourth-order valence-electron chi connectivity index (χ4n) is 7.60. The molecule has 64 heavy (non-hydrogen) atoms. The maximum Gasteiger partial charge on any atom is 0.274 e. The quantitative estimate of drug-likeness (QED) is 0.0159. The van der Waals surface area contributed by atoms with Crippen LogP contribution in [-0.2, 0) is 30.5 Å². The fourth-order valence-corrected chi connectivity index (χ4v) is 7.60. The summed E-state index contributed by atoms with van der Waals surface area (Å²) in [4.78, 5) is 53.7. The van der Waals surface area contributed by atoms with Crippen LogP contribution in [0.25, 0.3) is 0 Å². The van der Waals surface area contributed by atoms with Gasteiger partial charge < -0.3 is 29.9 Å². The number of rotatable bonds is 23. The van der Waals surface area contributed by atoms with Crippen LogP contribution >= 0.6 is 0 Å². The summed E-state index contributed by atoms with van der Waals surface area (Å²) in [5.74, 6) is -1.19. The molecule has 2 heterocycles. The molecule has 0 radical (unpaired) electrons. The van der Waals surface area contributed by atoms with Crippen LogP contribution in [0.3, 0.4) is 0 Å². The molecule has 2 aliphatic heterocycles. The largest absolute Gasteiger partial charge is 0.499 e. The van der Waals surface area contributed by atoms with Gasteiger partial charge in [-0.25, -0.2) is 10.5 Å². The second-order valence-electron chi connectivity index (χ2n) is 16.5. The predicted octanol–water partition coefficient (Wildman–Crippen LogP) is 9.17. The van der Waals surface area contributed by atoms with Gasteiger partial charge in [-0.15, -0.1) is 10.2 Å². The van der Waals surface area contributed by atoms with Crippen molar-refractivity contribution < 1.29 is 28.7 Å². The summed E-state index contributed by atoms with van der Waals surface area (Å²) in [6.07, 6.45) is 12.1. The van der Waals surface area contributed by atoms with Gasteiger partial charge in [0.1, 0.15) is 6.26 Å². The molecular formula is C48H66N10O6. The number of amides is 2. The Kier molecular flexibility index (Phi) is 20.2. The summed E-state index contributed by atoms with van der Waals surface area (Å²) < 4.78 is 10.8. The number of methoxy groups -OCH3 is 1. The number of anilines is 1. The topological polar surface area (TPSA) is 183 Å². The van der Waals surface area contributed by atoms with Gasteiger partial charge in [-0.1, -0.05) is 25.0 Å². The molecule has 344 valence electrons. The first-order valence-corrected chi connectivity index (χ1v) is 22.5. The second kappa shape index (κ2) is 26.2. The number of carbonyl (C=O) groups excluding carboxylic acids is 3. The van der Waals surface area contributed by atoms with Gasteiger partial charge in [-0.2, -0.15) is 10.2 Å². The monoisotopic (exact) mass is 879 g/mol. The van der Waals surface area contributed by atoms with Crippen LogP contribution in [0.4, 0.5) is 22.7 Å².